The molecule has 2 aromatic rings. The summed E-state index contributed by atoms with van der Waals surface area (Å²) in [6.07, 6.45) is -1.07. The molecule has 1 heterocycles. The van der Waals surface area contributed by atoms with Gasteiger partial charge in [0.05, 0.1) is 18.8 Å². The number of aliphatic hydroxyl groups excluding tert-OH is 1. The van der Waals surface area contributed by atoms with Crippen molar-refractivity contribution in [1.29, 1.82) is 0 Å². The van der Waals surface area contributed by atoms with Crippen LogP contribution in [0.15, 0.2) is 42.5 Å². The van der Waals surface area contributed by atoms with E-state index in [1.807, 2.05) is 0 Å². The molecule has 0 aliphatic carbocycles. The third-order valence-corrected chi connectivity index (χ3v) is 4.32. The predicted octanol–water partition coefficient (Wildman–Crippen LogP) is 2.87. The maximum Gasteiger partial charge on any atom is 0.221 e. The highest BCUT2D eigenvalue weighted by Crippen LogP contribution is 2.26. The minimum Gasteiger partial charge on any atom is -0.489 e. The van der Waals surface area contributed by atoms with Gasteiger partial charge in [-0.1, -0.05) is 11.6 Å². The van der Waals surface area contributed by atoms with Gasteiger partial charge in [0.1, 0.15) is 42.7 Å². The molecule has 1 amide bonds. The van der Waals surface area contributed by atoms with Crippen molar-refractivity contribution in [3.8, 4) is 11.5 Å². The van der Waals surface area contributed by atoms with Crippen LogP contribution >= 0.6 is 11.6 Å². The zero-order valence-corrected chi connectivity index (χ0v) is 16.6. The van der Waals surface area contributed by atoms with E-state index in [2.05, 4.69) is 5.32 Å². The number of amides is 1. The Bertz CT molecular complexity index is 836. The number of hydroxylamine groups is 2. The van der Waals surface area contributed by atoms with Gasteiger partial charge in [0, 0.05) is 18.0 Å². The van der Waals surface area contributed by atoms with E-state index in [0.717, 1.165) is 6.07 Å². The summed E-state index contributed by atoms with van der Waals surface area (Å²) in [5.41, 5.74) is 0.333. The van der Waals surface area contributed by atoms with Gasteiger partial charge in [0.15, 0.2) is 0 Å². The van der Waals surface area contributed by atoms with Gasteiger partial charge in [-0.3, -0.25) is 9.63 Å². The molecule has 1 saturated heterocycles. The minimum atomic E-state index is -0.891. The number of hydrogen-bond acceptors (Lipinski definition) is 6. The van der Waals surface area contributed by atoms with E-state index in [1.165, 1.54) is 19.1 Å². The molecule has 9 heteroatoms. The van der Waals surface area contributed by atoms with E-state index in [4.69, 9.17) is 25.9 Å². The maximum absolute atomic E-state index is 13.5. The second-order valence-electron chi connectivity index (χ2n) is 6.62. The number of rotatable bonds is 8. The number of benzene rings is 2. The third-order valence-electron chi connectivity index (χ3n) is 4.07. The average Bonchev–Trinajstić information content (AvgIpc) is 3.10. The lowest BCUT2D eigenvalue weighted by atomic mass is 10.2. The SMILES string of the molecule is CC(=O)Nc1ccc(F)cc1OC[C@@H](O)CN1C[C@@H](Oc2ccc(Cl)cc2)CO1. The van der Waals surface area contributed by atoms with Crippen LogP contribution in [0.1, 0.15) is 6.92 Å². The van der Waals surface area contributed by atoms with Crippen LogP contribution in [0.3, 0.4) is 0 Å². The van der Waals surface area contributed by atoms with Crippen LogP contribution in [0.4, 0.5) is 10.1 Å². The summed E-state index contributed by atoms with van der Waals surface area (Å²) in [5, 5.41) is 15.0. The molecule has 1 aliphatic heterocycles. The fraction of sp³-hybridized carbons (Fsp3) is 0.350. The van der Waals surface area contributed by atoms with Crippen LogP contribution in [0.25, 0.3) is 0 Å². The number of halogens is 2. The van der Waals surface area contributed by atoms with Gasteiger partial charge < -0.3 is 19.9 Å². The highest BCUT2D eigenvalue weighted by molar-refractivity contribution is 6.30. The molecule has 2 atom stereocenters. The van der Waals surface area contributed by atoms with Gasteiger partial charge in [0.25, 0.3) is 0 Å². The Morgan fingerprint density at radius 2 is 2.14 bits per heavy atom. The Morgan fingerprint density at radius 1 is 1.38 bits per heavy atom. The summed E-state index contributed by atoms with van der Waals surface area (Å²) in [6, 6.07) is 10.8. The molecule has 0 saturated carbocycles. The molecule has 0 unspecified atom stereocenters. The molecule has 2 N–H and O–H groups in total. The summed E-state index contributed by atoms with van der Waals surface area (Å²) in [5.74, 6) is 0.0173. The van der Waals surface area contributed by atoms with Crippen molar-refractivity contribution in [3.05, 3.63) is 53.3 Å². The Kier molecular flexibility index (Phi) is 7.27. The Hall–Kier alpha value is -2.39. The lowest BCUT2D eigenvalue weighted by Gasteiger charge is -2.20. The second-order valence-corrected chi connectivity index (χ2v) is 7.06. The molecule has 1 aliphatic rings. The highest BCUT2D eigenvalue weighted by Gasteiger charge is 2.27. The van der Waals surface area contributed by atoms with Crippen molar-refractivity contribution < 1.29 is 28.6 Å². The fourth-order valence-electron chi connectivity index (χ4n) is 2.81. The standard InChI is InChI=1S/C20H22ClFN2O5/c1-13(25)23-19-7-4-15(22)8-20(19)27-11-16(26)9-24-10-18(12-28-24)29-17-5-2-14(21)3-6-17/h2-8,16,18,26H,9-12H2,1H3,(H,23,25)/t16-,18+/m0/s1. The molecule has 0 spiro atoms. The molecule has 0 bridgehead atoms. The van der Waals surface area contributed by atoms with Crippen molar-refractivity contribution in [3.63, 3.8) is 0 Å². The topological polar surface area (TPSA) is 80.3 Å². The van der Waals surface area contributed by atoms with Gasteiger partial charge in [-0.05, 0) is 36.4 Å². The van der Waals surface area contributed by atoms with E-state index in [-0.39, 0.29) is 30.9 Å². The molecule has 7 nitrogen and oxygen atoms in total. The third kappa shape index (κ3) is 6.57. The largest absolute Gasteiger partial charge is 0.489 e. The van der Waals surface area contributed by atoms with Crippen molar-refractivity contribution in [2.75, 3.05) is 31.6 Å². The Morgan fingerprint density at radius 3 is 2.86 bits per heavy atom. The first-order valence-corrected chi connectivity index (χ1v) is 9.45. The molecule has 0 aromatic heterocycles. The number of β-amino-alcohol motifs (C(OH)–C–C–N with tert-alkyl or cyclic N) is 1. The zero-order valence-electron chi connectivity index (χ0n) is 15.8. The second kappa shape index (κ2) is 9.89. The van der Waals surface area contributed by atoms with Gasteiger partial charge >= 0.3 is 0 Å². The van der Waals surface area contributed by atoms with Crippen molar-refractivity contribution in [2.45, 2.75) is 19.1 Å². The lowest BCUT2D eigenvalue weighted by molar-refractivity contribution is -0.131. The lowest BCUT2D eigenvalue weighted by Crippen LogP contribution is -2.34. The summed E-state index contributed by atoms with van der Waals surface area (Å²) in [7, 11) is 0. The van der Waals surface area contributed by atoms with E-state index >= 15 is 0 Å². The van der Waals surface area contributed by atoms with E-state index < -0.39 is 11.9 Å². The Balaban J connectivity index is 1.46. The van der Waals surface area contributed by atoms with Crippen molar-refractivity contribution >= 4 is 23.2 Å². The van der Waals surface area contributed by atoms with Gasteiger partial charge in [-0.25, -0.2) is 4.39 Å². The van der Waals surface area contributed by atoms with E-state index in [1.54, 1.807) is 29.3 Å². The van der Waals surface area contributed by atoms with Gasteiger partial charge in [-0.2, -0.15) is 5.06 Å². The summed E-state index contributed by atoms with van der Waals surface area (Å²) in [4.78, 5) is 16.8. The monoisotopic (exact) mass is 424 g/mol. The number of carbonyl (C=O) groups is 1. The van der Waals surface area contributed by atoms with Crippen LogP contribution in [0.2, 0.25) is 5.02 Å². The number of anilines is 1. The molecular formula is C20H22ClFN2O5. The summed E-state index contributed by atoms with van der Waals surface area (Å²) < 4.78 is 24.8. The number of carbonyl (C=O) groups excluding carboxylic acids is 1. The van der Waals surface area contributed by atoms with Gasteiger partial charge in [-0.15, -0.1) is 0 Å². The zero-order chi connectivity index (χ0) is 20.8. The molecular weight excluding hydrogens is 403 g/mol. The smallest absolute Gasteiger partial charge is 0.221 e. The predicted molar refractivity (Wildman–Crippen MR) is 106 cm³/mol. The first kappa shape index (κ1) is 21.3. The fourth-order valence-corrected chi connectivity index (χ4v) is 2.93. The Labute approximate surface area is 172 Å². The molecule has 29 heavy (non-hydrogen) atoms. The highest BCUT2D eigenvalue weighted by atomic mass is 35.5. The number of aliphatic hydroxyl groups is 1. The van der Waals surface area contributed by atoms with Gasteiger partial charge in [0.2, 0.25) is 5.91 Å². The molecule has 0 radical (unpaired) electrons. The first-order chi connectivity index (χ1) is 13.9. The average molecular weight is 425 g/mol. The summed E-state index contributed by atoms with van der Waals surface area (Å²) >= 11 is 5.86. The van der Waals surface area contributed by atoms with Crippen molar-refractivity contribution in [2.24, 2.45) is 0 Å². The molecule has 2 aromatic carbocycles. The van der Waals surface area contributed by atoms with Crippen LogP contribution in [0.5, 0.6) is 11.5 Å². The van der Waals surface area contributed by atoms with Crippen molar-refractivity contribution in [1.82, 2.24) is 5.06 Å². The quantitative estimate of drug-likeness (QED) is 0.678. The number of ether oxygens (including phenoxy) is 2. The van der Waals surface area contributed by atoms with E-state index in [9.17, 15) is 14.3 Å². The van der Waals surface area contributed by atoms with Crippen LogP contribution in [0, 0.1) is 5.82 Å². The molecule has 156 valence electrons. The van der Waals surface area contributed by atoms with Crippen LogP contribution in [-0.2, 0) is 9.63 Å². The normalized spacial score (nSPS) is 17.7. The molecule has 3 rings (SSSR count). The minimum absolute atomic E-state index is 0.0986. The van der Waals surface area contributed by atoms with Crippen LogP contribution in [-0.4, -0.2) is 54.6 Å². The molecule has 1 fully saturated rings. The number of nitrogens with one attached hydrogen (secondary N) is 1. The van der Waals surface area contributed by atoms with E-state index in [0.29, 0.717) is 29.6 Å². The number of hydrogen-bond donors (Lipinski definition) is 2. The summed E-state index contributed by atoms with van der Waals surface area (Å²) in [6.45, 7) is 2.25. The first-order valence-electron chi connectivity index (χ1n) is 9.07. The maximum atomic E-state index is 13.5. The van der Waals surface area contributed by atoms with Crippen LogP contribution < -0.4 is 14.8 Å². The number of nitrogens with zero attached hydrogens (tertiary/aromatic N) is 1.